The van der Waals surface area contributed by atoms with Crippen LogP contribution in [0.25, 0.3) is 10.9 Å². The summed E-state index contributed by atoms with van der Waals surface area (Å²) < 4.78 is 0. The molecule has 0 fully saturated rings. The highest BCUT2D eigenvalue weighted by Crippen LogP contribution is 2.13. The van der Waals surface area contributed by atoms with E-state index in [0.717, 1.165) is 42.2 Å². The molecule has 5 nitrogen and oxygen atoms in total. The summed E-state index contributed by atoms with van der Waals surface area (Å²) >= 11 is 0. The van der Waals surface area contributed by atoms with Crippen LogP contribution in [0.3, 0.4) is 0 Å². The first-order valence-electron chi connectivity index (χ1n) is 7.79. The van der Waals surface area contributed by atoms with Crippen LogP contribution in [0, 0.1) is 0 Å². The quantitative estimate of drug-likeness (QED) is 0.436. The minimum Gasteiger partial charge on any atom is -0.368 e. The highest BCUT2D eigenvalue weighted by molar-refractivity contribution is 5.80. The predicted octanol–water partition coefficient (Wildman–Crippen LogP) is 2.61. The number of nitrogens with one attached hydrogen (secondary N) is 3. The highest BCUT2D eigenvalue weighted by atomic mass is 15.2. The number of nitrogens with zero attached hydrogens (tertiary/aromatic N) is 2. The fourth-order valence-electron chi connectivity index (χ4n) is 2.07. The van der Waals surface area contributed by atoms with Crippen molar-refractivity contribution in [2.75, 3.05) is 25.5 Å². The fourth-order valence-corrected chi connectivity index (χ4v) is 2.07. The molecule has 0 aliphatic rings. The molecule has 1 heterocycles. The second kappa shape index (κ2) is 8.22. The number of benzene rings is 1. The van der Waals surface area contributed by atoms with E-state index in [-0.39, 0.29) is 0 Å². The molecule has 22 heavy (non-hydrogen) atoms. The van der Waals surface area contributed by atoms with Gasteiger partial charge in [0.2, 0.25) is 0 Å². The van der Waals surface area contributed by atoms with E-state index in [1.54, 1.807) is 7.05 Å². The van der Waals surface area contributed by atoms with Gasteiger partial charge in [-0.3, -0.25) is 4.99 Å². The molecule has 0 saturated carbocycles. The number of fused-ring (bicyclic) bond motifs is 1. The molecule has 0 aliphatic carbocycles. The van der Waals surface area contributed by atoms with Gasteiger partial charge >= 0.3 is 0 Å². The second-order valence-corrected chi connectivity index (χ2v) is 5.27. The number of pyridine rings is 1. The number of anilines is 1. The van der Waals surface area contributed by atoms with Crippen molar-refractivity contribution in [3.8, 4) is 0 Å². The third kappa shape index (κ3) is 4.62. The van der Waals surface area contributed by atoms with Crippen molar-refractivity contribution in [3.05, 3.63) is 36.4 Å². The van der Waals surface area contributed by atoms with Crippen LogP contribution in [0.5, 0.6) is 0 Å². The summed E-state index contributed by atoms with van der Waals surface area (Å²) in [7, 11) is 1.79. The van der Waals surface area contributed by atoms with E-state index in [1.807, 2.05) is 24.3 Å². The van der Waals surface area contributed by atoms with Crippen LogP contribution in [0.4, 0.5) is 5.82 Å². The molecule has 2 rings (SSSR count). The maximum absolute atomic E-state index is 4.59. The standard InChI is InChI=1S/C17H25N5/c1-4-13(2)21-17(18-3)20-12-11-19-16-10-9-14-7-5-6-8-15(14)22-16/h5-10,13H,4,11-12H2,1-3H3,(H,19,22)(H2,18,20,21). The van der Waals surface area contributed by atoms with E-state index >= 15 is 0 Å². The van der Waals surface area contributed by atoms with Crippen LogP contribution in [-0.4, -0.2) is 37.1 Å². The molecule has 1 aromatic heterocycles. The molecular formula is C17H25N5. The first kappa shape index (κ1) is 16.1. The molecule has 118 valence electrons. The summed E-state index contributed by atoms with van der Waals surface area (Å²) in [4.78, 5) is 8.80. The Balaban J connectivity index is 1.80. The van der Waals surface area contributed by atoms with Crippen LogP contribution in [0.2, 0.25) is 0 Å². The van der Waals surface area contributed by atoms with Gasteiger partial charge in [-0.15, -0.1) is 0 Å². The van der Waals surface area contributed by atoms with Gasteiger partial charge < -0.3 is 16.0 Å². The zero-order chi connectivity index (χ0) is 15.8. The van der Waals surface area contributed by atoms with Gasteiger partial charge in [-0.25, -0.2) is 4.98 Å². The van der Waals surface area contributed by atoms with Crippen LogP contribution in [-0.2, 0) is 0 Å². The third-order valence-electron chi connectivity index (χ3n) is 3.54. The predicted molar refractivity (Wildman–Crippen MR) is 94.5 cm³/mol. The van der Waals surface area contributed by atoms with E-state index in [2.05, 4.69) is 51.9 Å². The lowest BCUT2D eigenvalue weighted by Gasteiger charge is -2.16. The van der Waals surface area contributed by atoms with E-state index in [9.17, 15) is 0 Å². The van der Waals surface area contributed by atoms with Crippen LogP contribution in [0.1, 0.15) is 20.3 Å². The highest BCUT2D eigenvalue weighted by Gasteiger charge is 2.02. The minimum atomic E-state index is 0.418. The van der Waals surface area contributed by atoms with Crippen molar-refractivity contribution >= 4 is 22.7 Å². The van der Waals surface area contributed by atoms with Crippen molar-refractivity contribution in [2.45, 2.75) is 26.3 Å². The lowest BCUT2D eigenvalue weighted by Crippen LogP contribution is -2.43. The Hall–Kier alpha value is -2.30. The summed E-state index contributed by atoms with van der Waals surface area (Å²) in [5.74, 6) is 1.73. The van der Waals surface area contributed by atoms with E-state index < -0.39 is 0 Å². The molecule has 1 atom stereocenters. The van der Waals surface area contributed by atoms with Crippen molar-refractivity contribution < 1.29 is 0 Å². The Morgan fingerprint density at radius 2 is 2.00 bits per heavy atom. The number of para-hydroxylation sites is 1. The molecule has 1 aromatic carbocycles. The van der Waals surface area contributed by atoms with Crippen LogP contribution in [0.15, 0.2) is 41.4 Å². The third-order valence-corrected chi connectivity index (χ3v) is 3.54. The van der Waals surface area contributed by atoms with Gasteiger partial charge in [0.15, 0.2) is 5.96 Å². The number of aromatic nitrogens is 1. The maximum Gasteiger partial charge on any atom is 0.191 e. The molecule has 1 unspecified atom stereocenters. The number of rotatable bonds is 6. The van der Waals surface area contributed by atoms with Gasteiger partial charge in [0.1, 0.15) is 5.82 Å². The molecule has 0 amide bonds. The lowest BCUT2D eigenvalue weighted by atomic mass is 10.2. The topological polar surface area (TPSA) is 61.3 Å². The maximum atomic E-state index is 4.59. The zero-order valence-electron chi connectivity index (χ0n) is 13.6. The zero-order valence-corrected chi connectivity index (χ0v) is 13.6. The van der Waals surface area contributed by atoms with Gasteiger partial charge in [0.25, 0.3) is 0 Å². The molecule has 2 aromatic rings. The van der Waals surface area contributed by atoms with Gasteiger partial charge in [0.05, 0.1) is 5.52 Å². The monoisotopic (exact) mass is 299 g/mol. The van der Waals surface area contributed by atoms with E-state index in [0.29, 0.717) is 6.04 Å². The Morgan fingerprint density at radius 1 is 1.18 bits per heavy atom. The summed E-state index contributed by atoms with van der Waals surface area (Å²) in [6.45, 7) is 5.86. The summed E-state index contributed by atoms with van der Waals surface area (Å²) in [6, 6.07) is 12.6. The Kier molecular flexibility index (Phi) is 6.01. The molecule has 0 saturated heterocycles. The van der Waals surface area contributed by atoms with Crippen molar-refractivity contribution in [1.29, 1.82) is 0 Å². The summed E-state index contributed by atoms with van der Waals surface area (Å²) in [6.07, 6.45) is 1.07. The molecule has 0 bridgehead atoms. The van der Waals surface area contributed by atoms with Crippen molar-refractivity contribution in [3.63, 3.8) is 0 Å². The second-order valence-electron chi connectivity index (χ2n) is 5.27. The SMILES string of the molecule is CCC(C)NC(=NC)NCCNc1ccc2ccccc2n1. The molecule has 3 N–H and O–H groups in total. The van der Waals surface area contributed by atoms with Crippen LogP contribution < -0.4 is 16.0 Å². The lowest BCUT2D eigenvalue weighted by molar-refractivity contribution is 0.625. The Labute approximate surface area is 132 Å². The first-order valence-corrected chi connectivity index (χ1v) is 7.79. The minimum absolute atomic E-state index is 0.418. The van der Waals surface area contributed by atoms with Gasteiger partial charge in [-0.1, -0.05) is 25.1 Å². The molecule has 0 aliphatic heterocycles. The summed E-state index contributed by atoms with van der Waals surface area (Å²) in [5, 5.41) is 11.1. The normalized spacial score (nSPS) is 13.0. The molecule has 5 heteroatoms. The van der Waals surface area contributed by atoms with Crippen LogP contribution >= 0.6 is 0 Å². The smallest absolute Gasteiger partial charge is 0.191 e. The van der Waals surface area contributed by atoms with E-state index in [1.165, 1.54) is 0 Å². The average molecular weight is 299 g/mol. The first-order chi connectivity index (χ1) is 10.7. The molecule has 0 spiro atoms. The summed E-state index contributed by atoms with van der Waals surface area (Å²) in [5.41, 5.74) is 1.01. The van der Waals surface area contributed by atoms with Gasteiger partial charge in [-0.05, 0) is 31.5 Å². The number of hydrogen-bond acceptors (Lipinski definition) is 3. The Bertz CT molecular complexity index is 623. The number of hydrogen-bond donors (Lipinski definition) is 3. The number of guanidine groups is 1. The van der Waals surface area contributed by atoms with Crippen molar-refractivity contribution in [1.82, 2.24) is 15.6 Å². The Morgan fingerprint density at radius 3 is 2.77 bits per heavy atom. The molecular weight excluding hydrogens is 274 g/mol. The number of aliphatic imine (C=N–C) groups is 1. The van der Waals surface area contributed by atoms with Gasteiger partial charge in [-0.2, -0.15) is 0 Å². The average Bonchev–Trinajstić information content (AvgIpc) is 2.57. The largest absolute Gasteiger partial charge is 0.368 e. The van der Waals surface area contributed by atoms with E-state index in [4.69, 9.17) is 0 Å². The van der Waals surface area contributed by atoms with Crippen molar-refractivity contribution in [2.24, 2.45) is 4.99 Å². The van der Waals surface area contributed by atoms with Gasteiger partial charge in [0, 0.05) is 31.6 Å². The fraction of sp³-hybridized carbons (Fsp3) is 0.412. The molecule has 0 radical (unpaired) electrons.